The van der Waals surface area contributed by atoms with E-state index in [-0.39, 0.29) is 17.4 Å². The molecule has 4 rings (SSSR count). The summed E-state index contributed by atoms with van der Waals surface area (Å²) in [4.78, 5) is 24.0. The monoisotopic (exact) mass is 410 g/mol. The minimum absolute atomic E-state index is 0.0422. The minimum Gasteiger partial charge on any atom is -0.321 e. The van der Waals surface area contributed by atoms with Crippen molar-refractivity contribution in [2.75, 3.05) is 5.32 Å². The van der Waals surface area contributed by atoms with Crippen LogP contribution in [0.3, 0.4) is 0 Å². The Bertz CT molecular complexity index is 1160. The Hall–Kier alpha value is -4.08. The summed E-state index contributed by atoms with van der Waals surface area (Å²) in [6.07, 6.45) is 2.53. The lowest BCUT2D eigenvalue weighted by Crippen LogP contribution is -2.15. The molecule has 150 valence electrons. The van der Waals surface area contributed by atoms with Gasteiger partial charge in [-0.05, 0) is 42.5 Å². The van der Waals surface area contributed by atoms with Gasteiger partial charge < -0.3 is 5.32 Å². The molecule has 4 aromatic rings. The third-order valence-electron chi connectivity index (χ3n) is 4.12. The lowest BCUT2D eigenvalue weighted by Gasteiger charge is -2.10. The van der Waals surface area contributed by atoms with Gasteiger partial charge in [0.25, 0.3) is 5.91 Å². The molecule has 0 unspecified atom stereocenters. The lowest BCUT2D eigenvalue weighted by atomic mass is 10.2. The second-order valence-electron chi connectivity index (χ2n) is 6.16. The number of carbonyl (C=O) groups excluding carboxylic acids is 1. The van der Waals surface area contributed by atoms with E-state index in [0.29, 0.717) is 16.8 Å². The molecule has 1 N–H and O–H groups in total. The molecule has 0 aliphatic rings. The van der Waals surface area contributed by atoms with E-state index in [1.807, 2.05) is 0 Å². The first kappa shape index (κ1) is 19.2. The van der Waals surface area contributed by atoms with Gasteiger partial charge in [0.15, 0.2) is 11.5 Å². The third-order valence-corrected chi connectivity index (χ3v) is 4.12. The first-order valence-corrected chi connectivity index (χ1v) is 8.67. The van der Waals surface area contributed by atoms with Crippen molar-refractivity contribution >= 4 is 11.6 Å². The zero-order valence-electron chi connectivity index (χ0n) is 15.2. The lowest BCUT2D eigenvalue weighted by molar-refractivity contribution is -0.142. The van der Waals surface area contributed by atoms with E-state index in [0.717, 1.165) is 10.7 Å². The molecule has 0 saturated heterocycles. The summed E-state index contributed by atoms with van der Waals surface area (Å²) in [7, 11) is 0. The Kier molecular flexibility index (Phi) is 4.97. The summed E-state index contributed by atoms with van der Waals surface area (Å²) < 4.78 is 41.3. The van der Waals surface area contributed by atoms with Gasteiger partial charge in [-0.2, -0.15) is 18.3 Å². The molecule has 4 aromatic heterocycles. The average molecular weight is 410 g/mol. The molecule has 0 saturated carbocycles. The smallest absolute Gasteiger partial charge is 0.321 e. The molecule has 4 heterocycles. The normalized spacial score (nSPS) is 11.3. The summed E-state index contributed by atoms with van der Waals surface area (Å²) in [5, 5.41) is 6.68. The first-order valence-electron chi connectivity index (χ1n) is 8.67. The Labute approximate surface area is 168 Å². The number of halogens is 3. The maximum absolute atomic E-state index is 13.5. The Morgan fingerprint density at radius 1 is 0.967 bits per heavy atom. The van der Waals surface area contributed by atoms with Gasteiger partial charge in [-0.1, -0.05) is 0 Å². The van der Waals surface area contributed by atoms with E-state index in [9.17, 15) is 18.0 Å². The molecule has 0 aromatic carbocycles. The number of anilines is 1. The largest absolute Gasteiger partial charge is 0.433 e. The molecule has 1 amide bonds. The number of nitrogens with one attached hydrogen (secondary N) is 1. The van der Waals surface area contributed by atoms with Crippen molar-refractivity contribution in [3.8, 4) is 17.1 Å². The van der Waals surface area contributed by atoms with Crippen molar-refractivity contribution < 1.29 is 18.0 Å². The molecule has 0 spiro atoms. The van der Waals surface area contributed by atoms with E-state index in [1.165, 1.54) is 55.2 Å². The van der Waals surface area contributed by atoms with Crippen LogP contribution in [0.15, 0.2) is 73.4 Å². The fourth-order valence-corrected chi connectivity index (χ4v) is 2.70. The van der Waals surface area contributed by atoms with Gasteiger partial charge in [0.05, 0.1) is 17.6 Å². The van der Waals surface area contributed by atoms with Crippen molar-refractivity contribution in [2.24, 2.45) is 0 Å². The molecule has 10 heteroatoms. The average Bonchev–Trinajstić information content (AvgIpc) is 3.22. The molecule has 7 nitrogen and oxygen atoms in total. The molecule has 0 radical (unpaired) electrons. The number of pyridine rings is 3. The van der Waals surface area contributed by atoms with Crippen LogP contribution in [0.4, 0.5) is 18.9 Å². The number of hydrogen-bond donors (Lipinski definition) is 1. The van der Waals surface area contributed by atoms with Gasteiger partial charge in [-0.3, -0.25) is 14.8 Å². The van der Waals surface area contributed by atoms with E-state index in [4.69, 9.17) is 0 Å². The van der Waals surface area contributed by atoms with Gasteiger partial charge >= 0.3 is 6.18 Å². The summed E-state index contributed by atoms with van der Waals surface area (Å²) in [6.45, 7) is 0. The van der Waals surface area contributed by atoms with Crippen LogP contribution in [0.2, 0.25) is 0 Å². The molecule has 0 aliphatic heterocycles. The van der Waals surface area contributed by atoms with Crippen molar-refractivity contribution in [1.82, 2.24) is 24.7 Å². The number of alkyl halides is 3. The van der Waals surface area contributed by atoms with Crippen molar-refractivity contribution in [2.45, 2.75) is 6.18 Å². The fourth-order valence-electron chi connectivity index (χ4n) is 2.70. The number of nitrogens with zero attached hydrogens (tertiary/aromatic N) is 5. The van der Waals surface area contributed by atoms with Gasteiger partial charge in [0, 0.05) is 35.9 Å². The highest BCUT2D eigenvalue weighted by Crippen LogP contribution is 2.33. The Morgan fingerprint density at radius 3 is 2.40 bits per heavy atom. The van der Waals surface area contributed by atoms with Crippen LogP contribution in [0.1, 0.15) is 16.1 Å². The Morgan fingerprint density at radius 2 is 1.77 bits per heavy atom. The second-order valence-corrected chi connectivity index (χ2v) is 6.16. The highest BCUT2D eigenvalue weighted by Gasteiger charge is 2.36. The molecular formula is C20H13F3N6O. The standard InChI is InChI=1S/C20H13F3N6O/c21-20(22,23)17-10-16(14-2-1-7-25-11-14)28-29(17)18-4-3-15(12-26-18)27-19(30)13-5-8-24-9-6-13/h1-12H,(H,27,30). The van der Waals surface area contributed by atoms with Gasteiger partial charge in [-0.15, -0.1) is 0 Å². The van der Waals surface area contributed by atoms with E-state index in [1.54, 1.807) is 12.1 Å². The highest BCUT2D eigenvalue weighted by atomic mass is 19.4. The SMILES string of the molecule is O=C(Nc1ccc(-n2nc(-c3cccnc3)cc2C(F)(F)F)nc1)c1ccncc1. The maximum Gasteiger partial charge on any atom is 0.433 e. The van der Waals surface area contributed by atoms with Crippen molar-refractivity contribution in [3.63, 3.8) is 0 Å². The van der Waals surface area contributed by atoms with Gasteiger partial charge in [-0.25, -0.2) is 9.67 Å². The fraction of sp³-hybridized carbons (Fsp3) is 0.0500. The third kappa shape index (κ3) is 4.02. The van der Waals surface area contributed by atoms with Crippen LogP contribution in [0.5, 0.6) is 0 Å². The van der Waals surface area contributed by atoms with Crippen LogP contribution < -0.4 is 5.32 Å². The van der Waals surface area contributed by atoms with Crippen LogP contribution in [0, 0.1) is 0 Å². The van der Waals surface area contributed by atoms with E-state index < -0.39 is 11.9 Å². The van der Waals surface area contributed by atoms with Crippen LogP contribution in [-0.2, 0) is 6.18 Å². The number of amides is 1. The predicted molar refractivity (Wildman–Crippen MR) is 102 cm³/mol. The molecule has 30 heavy (non-hydrogen) atoms. The topological polar surface area (TPSA) is 85.6 Å². The molecule has 0 atom stereocenters. The van der Waals surface area contributed by atoms with E-state index in [2.05, 4.69) is 25.4 Å². The summed E-state index contributed by atoms with van der Waals surface area (Å²) in [6, 6.07) is 10.0. The van der Waals surface area contributed by atoms with Crippen LogP contribution in [-0.4, -0.2) is 30.6 Å². The van der Waals surface area contributed by atoms with Crippen molar-refractivity contribution in [1.29, 1.82) is 0 Å². The molecular weight excluding hydrogens is 397 g/mol. The zero-order chi connectivity index (χ0) is 21.1. The molecule has 0 aliphatic carbocycles. The first-order chi connectivity index (χ1) is 14.4. The second kappa shape index (κ2) is 7.74. The van der Waals surface area contributed by atoms with Gasteiger partial charge in [0.2, 0.25) is 0 Å². The zero-order valence-corrected chi connectivity index (χ0v) is 15.2. The molecule has 0 bridgehead atoms. The van der Waals surface area contributed by atoms with E-state index >= 15 is 0 Å². The van der Waals surface area contributed by atoms with Crippen LogP contribution >= 0.6 is 0 Å². The maximum atomic E-state index is 13.5. The number of carbonyl (C=O) groups is 1. The minimum atomic E-state index is -4.64. The number of rotatable bonds is 4. The van der Waals surface area contributed by atoms with Crippen LogP contribution in [0.25, 0.3) is 17.1 Å². The van der Waals surface area contributed by atoms with Gasteiger partial charge in [0.1, 0.15) is 0 Å². The number of hydrogen-bond acceptors (Lipinski definition) is 5. The highest BCUT2D eigenvalue weighted by molar-refractivity contribution is 6.04. The Balaban J connectivity index is 1.64. The summed E-state index contributed by atoms with van der Waals surface area (Å²) >= 11 is 0. The summed E-state index contributed by atoms with van der Waals surface area (Å²) in [5.41, 5.74) is 0.313. The van der Waals surface area contributed by atoms with Crippen molar-refractivity contribution in [3.05, 3.63) is 84.7 Å². The summed E-state index contributed by atoms with van der Waals surface area (Å²) in [5.74, 6) is -0.430. The number of aromatic nitrogens is 5. The quantitative estimate of drug-likeness (QED) is 0.550. The predicted octanol–water partition coefficient (Wildman–Crippen LogP) is 4.00. The molecule has 0 fully saturated rings.